The molecule has 2 aliphatic carbocycles. The molecule has 1 amide bonds. The summed E-state index contributed by atoms with van der Waals surface area (Å²) in [5, 5.41) is 5.02. The molecule has 0 unspecified atom stereocenters. The minimum Gasteiger partial charge on any atom is -0.345 e. The van der Waals surface area contributed by atoms with E-state index in [0.717, 1.165) is 75.0 Å². The summed E-state index contributed by atoms with van der Waals surface area (Å²) in [4.78, 5) is 22.5. The zero-order chi connectivity index (χ0) is 26.8. The van der Waals surface area contributed by atoms with Gasteiger partial charge in [0.15, 0.2) is 5.82 Å². The highest BCUT2D eigenvalue weighted by molar-refractivity contribution is 6.30. The van der Waals surface area contributed by atoms with Gasteiger partial charge in [-0.2, -0.15) is 4.98 Å². The van der Waals surface area contributed by atoms with E-state index in [4.69, 9.17) is 21.1 Å². The Morgan fingerprint density at radius 3 is 2.59 bits per heavy atom. The average Bonchev–Trinajstić information content (AvgIpc) is 3.31. The molecule has 6 nitrogen and oxygen atoms in total. The van der Waals surface area contributed by atoms with Gasteiger partial charge in [0, 0.05) is 48.8 Å². The van der Waals surface area contributed by atoms with Crippen LogP contribution in [0.1, 0.15) is 73.7 Å². The number of rotatable bonds is 9. The molecule has 3 aromatic rings. The van der Waals surface area contributed by atoms with E-state index >= 15 is 0 Å². The van der Waals surface area contributed by atoms with E-state index in [9.17, 15) is 4.79 Å². The third-order valence-electron chi connectivity index (χ3n) is 9.34. The molecular weight excluding hydrogens is 508 g/mol. The highest BCUT2D eigenvalue weighted by atomic mass is 35.5. The molecule has 0 spiro atoms. The molecule has 7 heteroatoms. The van der Waals surface area contributed by atoms with Crippen molar-refractivity contribution in [2.24, 2.45) is 11.8 Å². The van der Waals surface area contributed by atoms with Crippen LogP contribution in [-0.4, -0.2) is 59.1 Å². The minimum absolute atomic E-state index is 0.0103. The zero-order valence-electron chi connectivity index (χ0n) is 22.9. The highest BCUT2D eigenvalue weighted by Crippen LogP contribution is 2.55. The highest BCUT2D eigenvalue weighted by Gasteiger charge is 2.56. The lowest BCUT2D eigenvalue weighted by atomic mass is 9.91. The summed E-state index contributed by atoms with van der Waals surface area (Å²) >= 11 is 6.43. The summed E-state index contributed by atoms with van der Waals surface area (Å²) in [7, 11) is 2.00. The van der Waals surface area contributed by atoms with Crippen molar-refractivity contribution >= 4 is 17.5 Å². The maximum atomic E-state index is 13.2. The summed E-state index contributed by atoms with van der Waals surface area (Å²) in [5.41, 5.74) is 2.46. The maximum absolute atomic E-state index is 13.2. The second kappa shape index (κ2) is 11.4. The van der Waals surface area contributed by atoms with Crippen LogP contribution in [0.4, 0.5) is 0 Å². The molecule has 0 N–H and O–H groups in total. The Hall–Kier alpha value is -2.70. The van der Waals surface area contributed by atoms with Gasteiger partial charge >= 0.3 is 0 Å². The molecule has 2 saturated carbocycles. The summed E-state index contributed by atoms with van der Waals surface area (Å²) in [5.74, 6) is 2.93. The van der Waals surface area contributed by atoms with Crippen molar-refractivity contribution in [2.75, 3.05) is 33.2 Å². The predicted octanol–water partition coefficient (Wildman–Crippen LogP) is 6.10. The largest absolute Gasteiger partial charge is 0.345 e. The van der Waals surface area contributed by atoms with Gasteiger partial charge in [0.1, 0.15) is 0 Å². The molecule has 1 saturated heterocycles. The van der Waals surface area contributed by atoms with Crippen LogP contribution in [0.2, 0.25) is 5.02 Å². The molecular formula is C32H39ClN4O2. The van der Waals surface area contributed by atoms with Gasteiger partial charge in [0.25, 0.3) is 0 Å². The molecule has 6 rings (SSSR count). The topological polar surface area (TPSA) is 62.5 Å². The van der Waals surface area contributed by atoms with Crippen molar-refractivity contribution in [1.29, 1.82) is 0 Å². The van der Waals surface area contributed by atoms with Gasteiger partial charge in [-0.15, -0.1) is 0 Å². The Kier molecular flexibility index (Phi) is 7.77. The lowest BCUT2D eigenvalue weighted by molar-refractivity contribution is -0.134. The van der Waals surface area contributed by atoms with Gasteiger partial charge in [-0.05, 0) is 74.4 Å². The smallest absolute Gasteiger partial charge is 0.229 e. The van der Waals surface area contributed by atoms with E-state index in [-0.39, 0.29) is 11.3 Å². The van der Waals surface area contributed by atoms with Gasteiger partial charge in [-0.1, -0.05) is 72.1 Å². The van der Waals surface area contributed by atoms with Crippen LogP contribution < -0.4 is 0 Å². The molecule has 2 aromatic carbocycles. The number of benzene rings is 2. The summed E-state index contributed by atoms with van der Waals surface area (Å²) in [6, 6.07) is 18.6. The molecule has 2 atom stereocenters. The van der Waals surface area contributed by atoms with Crippen LogP contribution in [0.5, 0.6) is 0 Å². The Labute approximate surface area is 236 Å². The fraction of sp³-hybridized carbons (Fsp3) is 0.531. The first-order valence-corrected chi connectivity index (χ1v) is 15.0. The Bertz CT molecular complexity index is 1270. The number of piperidine rings is 1. The first-order valence-electron chi connectivity index (χ1n) is 14.6. The number of likely N-dealkylation sites (N-methyl/N-ethyl adjacent to an activating group) is 1. The number of halogens is 1. The minimum atomic E-state index is -0.0103. The number of carbonyl (C=O) groups is 1. The monoisotopic (exact) mass is 546 g/mol. The third-order valence-corrected chi connectivity index (χ3v) is 9.57. The third kappa shape index (κ3) is 5.92. The number of hydrogen-bond acceptors (Lipinski definition) is 5. The van der Waals surface area contributed by atoms with Crippen molar-refractivity contribution in [3.05, 3.63) is 82.5 Å². The van der Waals surface area contributed by atoms with Crippen LogP contribution in [0.3, 0.4) is 0 Å². The van der Waals surface area contributed by atoms with E-state index in [1.54, 1.807) is 0 Å². The Morgan fingerprint density at radius 1 is 1.08 bits per heavy atom. The zero-order valence-corrected chi connectivity index (χ0v) is 23.7. The first-order chi connectivity index (χ1) is 19.0. The van der Waals surface area contributed by atoms with Crippen molar-refractivity contribution in [2.45, 2.75) is 62.7 Å². The normalized spacial score (nSPS) is 24.2. The van der Waals surface area contributed by atoms with Gasteiger partial charge in [-0.25, -0.2) is 0 Å². The van der Waals surface area contributed by atoms with Gasteiger partial charge in [0.2, 0.25) is 11.8 Å². The van der Waals surface area contributed by atoms with E-state index < -0.39 is 0 Å². The van der Waals surface area contributed by atoms with Crippen LogP contribution in [0.15, 0.2) is 59.1 Å². The number of likely N-dealkylation sites (tertiary alicyclic amines) is 1. The predicted molar refractivity (Wildman–Crippen MR) is 153 cm³/mol. The van der Waals surface area contributed by atoms with E-state index in [2.05, 4.69) is 40.4 Å². The van der Waals surface area contributed by atoms with Crippen LogP contribution in [-0.2, 0) is 16.6 Å². The van der Waals surface area contributed by atoms with E-state index in [0.29, 0.717) is 24.2 Å². The van der Waals surface area contributed by atoms with Crippen molar-refractivity contribution in [3.63, 3.8) is 0 Å². The maximum Gasteiger partial charge on any atom is 0.229 e. The van der Waals surface area contributed by atoms with Crippen molar-refractivity contribution < 1.29 is 9.32 Å². The van der Waals surface area contributed by atoms with Crippen LogP contribution in [0.25, 0.3) is 0 Å². The Morgan fingerprint density at radius 2 is 1.85 bits per heavy atom. The van der Waals surface area contributed by atoms with E-state index in [1.165, 1.54) is 24.0 Å². The Balaban J connectivity index is 1.07. The molecule has 0 bridgehead atoms. The number of aromatic nitrogens is 2. The van der Waals surface area contributed by atoms with E-state index in [1.807, 2.05) is 36.2 Å². The molecule has 1 aliphatic heterocycles. The number of amides is 1. The first kappa shape index (κ1) is 26.5. The second-order valence-electron chi connectivity index (χ2n) is 12.0. The quantitative estimate of drug-likeness (QED) is 0.324. The number of nitrogens with zero attached hydrogens (tertiary/aromatic N) is 4. The van der Waals surface area contributed by atoms with Crippen LogP contribution >= 0.6 is 11.6 Å². The molecule has 1 aromatic heterocycles. The lowest BCUT2D eigenvalue weighted by Gasteiger charge is -2.32. The summed E-state index contributed by atoms with van der Waals surface area (Å²) in [6.07, 6.45) is 8.31. The molecule has 39 heavy (non-hydrogen) atoms. The fourth-order valence-electron chi connectivity index (χ4n) is 7.00. The van der Waals surface area contributed by atoms with Gasteiger partial charge < -0.3 is 14.3 Å². The lowest BCUT2D eigenvalue weighted by Crippen LogP contribution is -2.40. The molecule has 206 valence electrons. The molecule has 2 heterocycles. The van der Waals surface area contributed by atoms with Gasteiger partial charge in [-0.3, -0.25) is 4.79 Å². The molecule has 3 fully saturated rings. The van der Waals surface area contributed by atoms with Crippen molar-refractivity contribution in [1.82, 2.24) is 19.9 Å². The van der Waals surface area contributed by atoms with Crippen LogP contribution in [0, 0.1) is 11.8 Å². The second-order valence-corrected chi connectivity index (χ2v) is 12.5. The SMILES string of the molecule is CN(C[C@@]1(c2cccc(Cl)c2)C[C@H]1CN1CCC(c2nc(Cc3ccccc3)no2)CC1)C(=O)C1CCCC1. The molecule has 0 radical (unpaired) electrons. The fourth-order valence-corrected chi connectivity index (χ4v) is 7.19. The molecule has 3 aliphatic rings. The standard InChI is InChI=1S/C32H39ClN4O2/c1-36(31(38)25-10-5-6-11-25)22-32(26-12-7-13-28(33)19-26)20-27(32)21-37-16-14-24(15-17-37)30-34-29(35-39-30)18-23-8-3-2-4-9-23/h2-4,7-9,12-13,19,24-25,27H,5-6,10-11,14-18,20-22H2,1H3/t27-,32+/m0/s1. The summed E-state index contributed by atoms with van der Waals surface area (Å²) < 4.78 is 5.69. The summed E-state index contributed by atoms with van der Waals surface area (Å²) in [6.45, 7) is 3.88. The van der Waals surface area contributed by atoms with Gasteiger partial charge in [0.05, 0.1) is 0 Å². The number of carbonyl (C=O) groups excluding carboxylic acids is 1. The number of hydrogen-bond donors (Lipinski definition) is 0. The van der Waals surface area contributed by atoms with Crippen molar-refractivity contribution in [3.8, 4) is 0 Å². The average molecular weight is 547 g/mol.